The molecule has 4 unspecified atom stereocenters. The summed E-state index contributed by atoms with van der Waals surface area (Å²) in [5.41, 5.74) is 7.16. The van der Waals surface area contributed by atoms with Crippen molar-refractivity contribution in [1.29, 1.82) is 0 Å². The Morgan fingerprint density at radius 3 is 2.47 bits per heavy atom. The SMILES string of the molecule is CC1CN(C(c2cccc(F)c2)C(C)N)CC(C)S1. The highest BCUT2D eigenvalue weighted by molar-refractivity contribution is 8.00. The van der Waals surface area contributed by atoms with Crippen LogP contribution in [0.5, 0.6) is 0 Å². The second-order valence-corrected chi connectivity index (χ2v) is 7.45. The molecule has 0 amide bonds. The van der Waals surface area contributed by atoms with Crippen molar-refractivity contribution in [2.75, 3.05) is 13.1 Å². The van der Waals surface area contributed by atoms with Crippen molar-refractivity contribution >= 4 is 11.8 Å². The first kappa shape index (κ1) is 14.8. The lowest BCUT2D eigenvalue weighted by atomic mass is 9.98. The third kappa shape index (κ3) is 3.71. The molecule has 1 fully saturated rings. The van der Waals surface area contributed by atoms with Gasteiger partial charge in [0.2, 0.25) is 0 Å². The number of hydrogen-bond acceptors (Lipinski definition) is 3. The molecule has 2 N–H and O–H groups in total. The van der Waals surface area contributed by atoms with Crippen LogP contribution in [0, 0.1) is 5.82 Å². The lowest BCUT2D eigenvalue weighted by Gasteiger charge is -2.41. The number of halogens is 1. The molecule has 4 atom stereocenters. The van der Waals surface area contributed by atoms with E-state index in [1.54, 1.807) is 12.1 Å². The van der Waals surface area contributed by atoms with Crippen molar-refractivity contribution < 1.29 is 4.39 Å². The maximum Gasteiger partial charge on any atom is 0.123 e. The fourth-order valence-corrected chi connectivity index (χ4v) is 4.33. The third-order valence-electron chi connectivity index (χ3n) is 3.53. The summed E-state index contributed by atoms with van der Waals surface area (Å²) in [6.45, 7) is 8.52. The second kappa shape index (κ2) is 6.25. The largest absolute Gasteiger partial charge is 0.326 e. The zero-order valence-corrected chi connectivity index (χ0v) is 12.7. The molecule has 1 heterocycles. The predicted octanol–water partition coefficient (Wildman–Crippen LogP) is 3.04. The number of hydrogen-bond donors (Lipinski definition) is 1. The molecule has 106 valence electrons. The average molecular weight is 282 g/mol. The minimum atomic E-state index is -0.185. The zero-order chi connectivity index (χ0) is 14.0. The average Bonchev–Trinajstić information content (AvgIpc) is 2.27. The summed E-state index contributed by atoms with van der Waals surface area (Å²) in [6.07, 6.45) is 0. The number of rotatable bonds is 3. The molecule has 2 rings (SSSR count). The van der Waals surface area contributed by atoms with E-state index in [9.17, 15) is 4.39 Å². The van der Waals surface area contributed by atoms with Gasteiger partial charge in [0.25, 0.3) is 0 Å². The summed E-state index contributed by atoms with van der Waals surface area (Å²) in [7, 11) is 0. The number of nitrogens with two attached hydrogens (primary N) is 1. The normalized spacial score (nSPS) is 28.1. The summed E-state index contributed by atoms with van der Waals surface area (Å²) in [5, 5.41) is 1.19. The second-order valence-electron chi connectivity index (χ2n) is 5.57. The van der Waals surface area contributed by atoms with Crippen LogP contribution in [-0.2, 0) is 0 Å². The van der Waals surface area contributed by atoms with Crippen molar-refractivity contribution in [1.82, 2.24) is 4.90 Å². The Hall–Kier alpha value is -0.580. The Labute approximate surface area is 119 Å². The van der Waals surface area contributed by atoms with E-state index in [0.29, 0.717) is 10.5 Å². The Balaban J connectivity index is 2.25. The lowest BCUT2D eigenvalue weighted by molar-refractivity contribution is 0.174. The Morgan fingerprint density at radius 2 is 1.95 bits per heavy atom. The first-order valence-corrected chi connectivity index (χ1v) is 7.82. The Kier molecular flexibility index (Phi) is 4.87. The molecule has 2 nitrogen and oxygen atoms in total. The molecule has 0 spiro atoms. The van der Waals surface area contributed by atoms with Crippen LogP contribution >= 0.6 is 11.8 Å². The van der Waals surface area contributed by atoms with E-state index in [1.165, 1.54) is 6.07 Å². The van der Waals surface area contributed by atoms with Gasteiger partial charge in [-0.3, -0.25) is 4.90 Å². The van der Waals surface area contributed by atoms with Gasteiger partial charge >= 0.3 is 0 Å². The van der Waals surface area contributed by atoms with Crippen molar-refractivity contribution in [3.8, 4) is 0 Å². The number of nitrogens with zero attached hydrogens (tertiary/aromatic N) is 1. The van der Waals surface area contributed by atoms with Crippen LogP contribution in [0.1, 0.15) is 32.4 Å². The monoisotopic (exact) mass is 282 g/mol. The Morgan fingerprint density at radius 1 is 1.32 bits per heavy atom. The molecule has 1 aromatic carbocycles. The van der Waals surface area contributed by atoms with Crippen LogP contribution in [0.25, 0.3) is 0 Å². The number of thioether (sulfide) groups is 1. The van der Waals surface area contributed by atoms with E-state index in [-0.39, 0.29) is 17.9 Å². The van der Waals surface area contributed by atoms with Crippen molar-refractivity contribution in [3.05, 3.63) is 35.6 Å². The van der Waals surface area contributed by atoms with Gasteiger partial charge in [-0.05, 0) is 24.6 Å². The molecule has 1 saturated heterocycles. The van der Waals surface area contributed by atoms with E-state index in [2.05, 4.69) is 18.7 Å². The summed E-state index contributed by atoms with van der Waals surface area (Å²) < 4.78 is 13.4. The van der Waals surface area contributed by atoms with Crippen LogP contribution in [0.15, 0.2) is 24.3 Å². The smallest absolute Gasteiger partial charge is 0.123 e. The molecule has 1 aliphatic heterocycles. The molecule has 0 radical (unpaired) electrons. The molecular weight excluding hydrogens is 259 g/mol. The zero-order valence-electron chi connectivity index (χ0n) is 11.8. The van der Waals surface area contributed by atoms with Gasteiger partial charge < -0.3 is 5.73 Å². The summed E-state index contributed by atoms with van der Waals surface area (Å²) in [5.74, 6) is -0.185. The molecule has 1 aliphatic rings. The molecule has 0 saturated carbocycles. The molecule has 0 aliphatic carbocycles. The first-order chi connectivity index (χ1) is 8.97. The maximum atomic E-state index is 13.4. The Bertz CT molecular complexity index is 414. The third-order valence-corrected chi connectivity index (χ3v) is 4.76. The molecule has 1 aromatic rings. The molecule has 4 heteroatoms. The topological polar surface area (TPSA) is 29.3 Å². The van der Waals surface area contributed by atoms with Crippen LogP contribution < -0.4 is 5.73 Å². The van der Waals surface area contributed by atoms with E-state index in [1.807, 2.05) is 24.8 Å². The van der Waals surface area contributed by atoms with Crippen LogP contribution in [0.4, 0.5) is 4.39 Å². The van der Waals surface area contributed by atoms with Gasteiger partial charge in [0.1, 0.15) is 5.82 Å². The van der Waals surface area contributed by atoms with Crippen molar-refractivity contribution in [3.63, 3.8) is 0 Å². The highest BCUT2D eigenvalue weighted by Crippen LogP contribution is 2.32. The highest BCUT2D eigenvalue weighted by atomic mass is 32.2. The molecule has 0 aromatic heterocycles. The van der Waals surface area contributed by atoms with Gasteiger partial charge in [-0.15, -0.1) is 0 Å². The quantitative estimate of drug-likeness (QED) is 0.924. The first-order valence-electron chi connectivity index (χ1n) is 6.88. The van der Waals surface area contributed by atoms with Crippen LogP contribution in [-0.4, -0.2) is 34.5 Å². The minimum absolute atomic E-state index is 0.00991. The lowest BCUT2D eigenvalue weighted by Crippen LogP contribution is -2.47. The fourth-order valence-electron chi connectivity index (χ4n) is 2.98. The van der Waals surface area contributed by atoms with Crippen molar-refractivity contribution in [2.24, 2.45) is 5.73 Å². The summed E-state index contributed by atoms with van der Waals surface area (Å²) in [4.78, 5) is 2.41. The van der Waals surface area contributed by atoms with E-state index in [4.69, 9.17) is 5.73 Å². The van der Waals surface area contributed by atoms with E-state index in [0.717, 1.165) is 18.7 Å². The maximum absolute atomic E-state index is 13.4. The predicted molar refractivity (Wildman–Crippen MR) is 80.9 cm³/mol. The number of benzene rings is 1. The molecule has 0 bridgehead atoms. The molecule has 19 heavy (non-hydrogen) atoms. The minimum Gasteiger partial charge on any atom is -0.326 e. The summed E-state index contributed by atoms with van der Waals surface area (Å²) >= 11 is 2.02. The van der Waals surface area contributed by atoms with Gasteiger partial charge in [0.05, 0.1) is 0 Å². The standard InChI is InChI=1S/C15H23FN2S/c1-10-8-18(9-11(2)19-10)15(12(3)17)13-5-4-6-14(16)7-13/h4-7,10-12,15H,8-9,17H2,1-3H3. The van der Waals surface area contributed by atoms with Gasteiger partial charge in [-0.2, -0.15) is 11.8 Å². The van der Waals surface area contributed by atoms with Gasteiger partial charge in [-0.1, -0.05) is 26.0 Å². The van der Waals surface area contributed by atoms with Gasteiger partial charge in [0, 0.05) is 35.7 Å². The van der Waals surface area contributed by atoms with Crippen molar-refractivity contribution in [2.45, 2.75) is 43.4 Å². The van der Waals surface area contributed by atoms with Crippen LogP contribution in [0.2, 0.25) is 0 Å². The highest BCUT2D eigenvalue weighted by Gasteiger charge is 2.30. The molecular formula is C15H23FN2S. The van der Waals surface area contributed by atoms with E-state index < -0.39 is 0 Å². The fraction of sp³-hybridized carbons (Fsp3) is 0.600. The van der Waals surface area contributed by atoms with Crippen LogP contribution in [0.3, 0.4) is 0 Å². The van der Waals surface area contributed by atoms with E-state index >= 15 is 0 Å². The summed E-state index contributed by atoms with van der Waals surface area (Å²) in [6, 6.07) is 6.94. The van der Waals surface area contributed by atoms with Gasteiger partial charge in [-0.25, -0.2) is 4.39 Å². The van der Waals surface area contributed by atoms with Gasteiger partial charge in [0.15, 0.2) is 0 Å².